The van der Waals surface area contributed by atoms with Crippen molar-refractivity contribution in [3.05, 3.63) is 29.5 Å². The summed E-state index contributed by atoms with van der Waals surface area (Å²) in [5, 5.41) is 4.69. The van der Waals surface area contributed by atoms with Crippen LogP contribution < -0.4 is 5.73 Å². The number of hydrogen-bond donors (Lipinski definition) is 1. The van der Waals surface area contributed by atoms with E-state index in [4.69, 9.17) is 10.3 Å². The minimum Gasteiger partial charge on any atom is -0.369 e. The van der Waals surface area contributed by atoms with Crippen molar-refractivity contribution in [1.82, 2.24) is 5.16 Å². The molecular weight excluding hydrogens is 180 g/mol. The van der Waals surface area contributed by atoms with Gasteiger partial charge in [0.2, 0.25) is 5.91 Å². The first-order valence-corrected chi connectivity index (χ1v) is 4.30. The zero-order chi connectivity index (χ0) is 10.1. The number of para-hydroxylation sites is 1. The van der Waals surface area contributed by atoms with E-state index in [1.165, 1.54) is 0 Å². The van der Waals surface area contributed by atoms with Crippen LogP contribution in [0.4, 0.5) is 0 Å². The van der Waals surface area contributed by atoms with Crippen molar-refractivity contribution in [2.45, 2.75) is 13.3 Å². The van der Waals surface area contributed by atoms with Crippen molar-refractivity contribution in [1.29, 1.82) is 0 Å². The zero-order valence-corrected chi connectivity index (χ0v) is 7.78. The number of amides is 1. The first kappa shape index (κ1) is 8.74. The molecule has 0 saturated carbocycles. The van der Waals surface area contributed by atoms with Crippen LogP contribution >= 0.6 is 0 Å². The molecule has 14 heavy (non-hydrogen) atoms. The summed E-state index contributed by atoms with van der Waals surface area (Å²) in [7, 11) is 0. The van der Waals surface area contributed by atoms with Crippen molar-refractivity contribution in [3.8, 4) is 0 Å². The molecule has 0 saturated heterocycles. The number of carbonyl (C=O) groups excluding carboxylic acids is 1. The van der Waals surface area contributed by atoms with Crippen LogP contribution in [0.1, 0.15) is 11.3 Å². The number of primary amides is 1. The molecule has 0 spiro atoms. The van der Waals surface area contributed by atoms with Crippen molar-refractivity contribution in [3.63, 3.8) is 0 Å². The molecule has 0 aliphatic heterocycles. The summed E-state index contributed by atoms with van der Waals surface area (Å²) in [6.45, 7) is 1.93. The molecule has 2 aromatic rings. The van der Waals surface area contributed by atoms with E-state index < -0.39 is 5.91 Å². The van der Waals surface area contributed by atoms with Gasteiger partial charge in [0.15, 0.2) is 5.58 Å². The predicted octanol–water partition coefficient (Wildman–Crippen LogP) is 1.16. The highest BCUT2D eigenvalue weighted by molar-refractivity contribution is 5.86. The molecule has 0 unspecified atom stereocenters. The van der Waals surface area contributed by atoms with Gasteiger partial charge in [0.05, 0.1) is 6.42 Å². The number of carbonyl (C=O) groups is 1. The standard InChI is InChI=1S/C10H10N2O2/c1-6-3-2-4-7-8(5-9(11)13)12-14-10(6)7/h2-4H,5H2,1H3,(H2,11,13). The van der Waals surface area contributed by atoms with Gasteiger partial charge in [-0.05, 0) is 18.6 Å². The highest BCUT2D eigenvalue weighted by Crippen LogP contribution is 2.21. The maximum Gasteiger partial charge on any atom is 0.223 e. The summed E-state index contributed by atoms with van der Waals surface area (Å²) in [5.41, 5.74) is 7.43. The van der Waals surface area contributed by atoms with Gasteiger partial charge in [-0.15, -0.1) is 0 Å². The lowest BCUT2D eigenvalue weighted by molar-refractivity contribution is -0.117. The molecule has 1 aromatic heterocycles. The normalized spacial score (nSPS) is 10.6. The molecule has 0 fully saturated rings. The van der Waals surface area contributed by atoms with E-state index in [1.807, 2.05) is 25.1 Å². The van der Waals surface area contributed by atoms with Crippen LogP contribution in [0.25, 0.3) is 11.0 Å². The van der Waals surface area contributed by atoms with Gasteiger partial charge < -0.3 is 10.3 Å². The largest absolute Gasteiger partial charge is 0.369 e. The Kier molecular flexibility index (Phi) is 1.96. The van der Waals surface area contributed by atoms with E-state index in [-0.39, 0.29) is 6.42 Å². The SMILES string of the molecule is Cc1cccc2c(CC(N)=O)noc12. The second-order valence-corrected chi connectivity index (χ2v) is 3.22. The fourth-order valence-electron chi connectivity index (χ4n) is 1.44. The Morgan fingerprint density at radius 1 is 1.57 bits per heavy atom. The molecule has 4 heteroatoms. The van der Waals surface area contributed by atoms with E-state index in [2.05, 4.69) is 5.16 Å². The van der Waals surface area contributed by atoms with E-state index in [9.17, 15) is 4.79 Å². The highest BCUT2D eigenvalue weighted by Gasteiger charge is 2.11. The summed E-state index contributed by atoms with van der Waals surface area (Å²) in [5.74, 6) is -0.401. The molecule has 0 aliphatic rings. The van der Waals surface area contributed by atoms with E-state index in [0.29, 0.717) is 5.69 Å². The molecule has 1 amide bonds. The number of benzene rings is 1. The summed E-state index contributed by atoms with van der Waals surface area (Å²) in [4.78, 5) is 10.7. The number of aromatic nitrogens is 1. The lowest BCUT2D eigenvalue weighted by Crippen LogP contribution is -2.13. The average molecular weight is 190 g/mol. The minimum atomic E-state index is -0.401. The number of aryl methyl sites for hydroxylation is 1. The maximum atomic E-state index is 10.7. The fourth-order valence-corrected chi connectivity index (χ4v) is 1.44. The topological polar surface area (TPSA) is 69.1 Å². The van der Waals surface area contributed by atoms with Crippen LogP contribution in [0.15, 0.2) is 22.7 Å². The Morgan fingerprint density at radius 2 is 2.36 bits per heavy atom. The van der Waals surface area contributed by atoms with Crippen LogP contribution in [0.5, 0.6) is 0 Å². The van der Waals surface area contributed by atoms with Crippen LogP contribution in [-0.2, 0) is 11.2 Å². The molecule has 0 atom stereocenters. The summed E-state index contributed by atoms with van der Waals surface area (Å²) >= 11 is 0. The predicted molar refractivity (Wildman–Crippen MR) is 51.6 cm³/mol. The van der Waals surface area contributed by atoms with E-state index in [0.717, 1.165) is 16.5 Å². The number of hydrogen-bond acceptors (Lipinski definition) is 3. The maximum absolute atomic E-state index is 10.7. The van der Waals surface area contributed by atoms with Gasteiger partial charge in [0, 0.05) is 5.39 Å². The number of fused-ring (bicyclic) bond motifs is 1. The fraction of sp³-hybridized carbons (Fsp3) is 0.200. The lowest BCUT2D eigenvalue weighted by atomic mass is 10.1. The molecule has 1 aromatic carbocycles. The second-order valence-electron chi connectivity index (χ2n) is 3.22. The molecule has 72 valence electrons. The molecule has 0 bridgehead atoms. The van der Waals surface area contributed by atoms with Gasteiger partial charge in [0.25, 0.3) is 0 Å². The van der Waals surface area contributed by atoms with E-state index >= 15 is 0 Å². The molecule has 1 heterocycles. The summed E-state index contributed by atoms with van der Waals surface area (Å²) < 4.78 is 5.12. The van der Waals surface area contributed by atoms with Gasteiger partial charge in [-0.25, -0.2) is 0 Å². The van der Waals surface area contributed by atoms with Crippen molar-refractivity contribution in [2.75, 3.05) is 0 Å². The summed E-state index contributed by atoms with van der Waals surface area (Å²) in [6, 6.07) is 5.71. The molecule has 4 nitrogen and oxygen atoms in total. The molecular formula is C10H10N2O2. The molecule has 2 rings (SSSR count). The number of nitrogens with two attached hydrogens (primary N) is 1. The van der Waals surface area contributed by atoms with Gasteiger partial charge in [-0.2, -0.15) is 0 Å². The van der Waals surface area contributed by atoms with E-state index in [1.54, 1.807) is 0 Å². The first-order chi connectivity index (χ1) is 6.68. The van der Waals surface area contributed by atoms with Crippen LogP contribution in [0.3, 0.4) is 0 Å². The Morgan fingerprint density at radius 3 is 3.07 bits per heavy atom. The third kappa shape index (κ3) is 1.35. The quantitative estimate of drug-likeness (QED) is 0.772. The Hall–Kier alpha value is -1.84. The molecule has 0 aliphatic carbocycles. The summed E-state index contributed by atoms with van der Waals surface area (Å²) in [6.07, 6.45) is 0.121. The minimum absolute atomic E-state index is 0.121. The van der Waals surface area contributed by atoms with Crippen molar-refractivity contribution in [2.24, 2.45) is 5.73 Å². The van der Waals surface area contributed by atoms with Crippen molar-refractivity contribution < 1.29 is 9.32 Å². The lowest BCUT2D eigenvalue weighted by Gasteiger charge is -1.92. The number of nitrogens with zero attached hydrogens (tertiary/aromatic N) is 1. The first-order valence-electron chi connectivity index (χ1n) is 4.30. The molecule has 2 N–H and O–H groups in total. The number of rotatable bonds is 2. The van der Waals surface area contributed by atoms with Crippen LogP contribution in [0.2, 0.25) is 0 Å². The Labute approximate surface area is 80.7 Å². The van der Waals surface area contributed by atoms with Gasteiger partial charge in [-0.1, -0.05) is 17.3 Å². The van der Waals surface area contributed by atoms with Gasteiger partial charge >= 0.3 is 0 Å². The Bertz CT molecular complexity index is 488. The van der Waals surface area contributed by atoms with Crippen molar-refractivity contribution >= 4 is 16.9 Å². The third-order valence-corrected chi connectivity index (χ3v) is 2.11. The van der Waals surface area contributed by atoms with Crippen LogP contribution in [0, 0.1) is 6.92 Å². The Balaban J connectivity index is 2.58. The van der Waals surface area contributed by atoms with Gasteiger partial charge in [0.1, 0.15) is 5.69 Å². The smallest absolute Gasteiger partial charge is 0.223 e. The molecule has 0 radical (unpaired) electrons. The zero-order valence-electron chi connectivity index (χ0n) is 7.78. The van der Waals surface area contributed by atoms with Crippen LogP contribution in [-0.4, -0.2) is 11.1 Å². The second kappa shape index (κ2) is 3.14. The monoisotopic (exact) mass is 190 g/mol. The highest BCUT2D eigenvalue weighted by atomic mass is 16.5. The average Bonchev–Trinajstić information content (AvgIpc) is 2.49. The third-order valence-electron chi connectivity index (χ3n) is 2.11. The van der Waals surface area contributed by atoms with Gasteiger partial charge in [-0.3, -0.25) is 4.79 Å².